The van der Waals surface area contributed by atoms with E-state index in [1.165, 1.54) is 0 Å². The van der Waals surface area contributed by atoms with Crippen LogP contribution >= 0.6 is 0 Å². The molecule has 2 aromatic rings. The van der Waals surface area contributed by atoms with Crippen LogP contribution in [0.3, 0.4) is 0 Å². The van der Waals surface area contributed by atoms with Gasteiger partial charge < -0.3 is 9.47 Å². The standard InChI is InChI=1S/C24H25NO5/c1-4-29-23(27)18-20-16-12-8-6-10-14(16)15-11-7-9-13-17(15)21(25(20)3)19(22(18)26)24(28)30-5-2/h6-13,18-21H,4-5H2,1-3H3. The van der Waals surface area contributed by atoms with E-state index in [2.05, 4.69) is 0 Å². The van der Waals surface area contributed by atoms with Crippen LogP contribution < -0.4 is 0 Å². The second kappa shape index (κ2) is 8.03. The minimum absolute atomic E-state index is 0.161. The molecular formula is C24H25NO5. The van der Waals surface area contributed by atoms with Crippen molar-refractivity contribution < 1.29 is 23.9 Å². The first-order valence-corrected chi connectivity index (χ1v) is 10.3. The maximum Gasteiger partial charge on any atom is 0.318 e. The highest BCUT2D eigenvalue weighted by Gasteiger charge is 2.56. The van der Waals surface area contributed by atoms with Gasteiger partial charge in [0.25, 0.3) is 0 Å². The second-order valence-corrected chi connectivity index (χ2v) is 7.59. The number of Topliss-reactive ketones (excluding diaryl/α,β-unsaturated/α-hetero) is 1. The predicted molar refractivity (Wildman–Crippen MR) is 110 cm³/mol. The molecule has 0 radical (unpaired) electrons. The number of carbonyl (C=O) groups is 3. The average molecular weight is 407 g/mol. The molecule has 156 valence electrons. The molecule has 0 N–H and O–H groups in total. The molecule has 2 aliphatic rings. The van der Waals surface area contributed by atoms with Crippen LogP contribution in [0, 0.1) is 11.8 Å². The van der Waals surface area contributed by atoms with E-state index >= 15 is 0 Å². The maximum atomic E-state index is 13.7. The number of nitrogens with zero attached hydrogens (tertiary/aromatic N) is 1. The van der Waals surface area contributed by atoms with Gasteiger partial charge in [-0.3, -0.25) is 19.3 Å². The first kappa shape index (κ1) is 20.3. The van der Waals surface area contributed by atoms with Crippen LogP contribution in [0.15, 0.2) is 48.5 Å². The van der Waals surface area contributed by atoms with E-state index in [4.69, 9.17) is 9.47 Å². The van der Waals surface area contributed by atoms with Gasteiger partial charge in [-0.2, -0.15) is 0 Å². The molecule has 0 spiro atoms. The van der Waals surface area contributed by atoms with Gasteiger partial charge in [-0.25, -0.2) is 0 Å². The molecule has 4 rings (SSSR count). The minimum Gasteiger partial charge on any atom is -0.465 e. The highest BCUT2D eigenvalue weighted by Crippen LogP contribution is 2.52. The first-order chi connectivity index (χ1) is 14.5. The Morgan fingerprint density at radius 2 is 1.20 bits per heavy atom. The molecule has 1 fully saturated rings. The highest BCUT2D eigenvalue weighted by atomic mass is 16.5. The maximum absolute atomic E-state index is 13.7. The topological polar surface area (TPSA) is 72.9 Å². The number of rotatable bonds is 4. The van der Waals surface area contributed by atoms with E-state index in [-0.39, 0.29) is 13.2 Å². The lowest BCUT2D eigenvalue weighted by molar-refractivity contribution is -0.168. The summed E-state index contributed by atoms with van der Waals surface area (Å²) in [6.07, 6.45) is 0. The monoisotopic (exact) mass is 407 g/mol. The summed E-state index contributed by atoms with van der Waals surface area (Å²) in [7, 11) is 1.86. The van der Waals surface area contributed by atoms with Crippen LogP contribution in [-0.4, -0.2) is 42.9 Å². The Kier molecular flexibility index (Phi) is 5.43. The summed E-state index contributed by atoms with van der Waals surface area (Å²) in [5.41, 5.74) is 3.67. The van der Waals surface area contributed by atoms with Crippen molar-refractivity contribution in [2.45, 2.75) is 25.9 Å². The van der Waals surface area contributed by atoms with E-state index in [1.54, 1.807) is 13.8 Å². The van der Waals surface area contributed by atoms with Crippen molar-refractivity contribution in [3.8, 4) is 11.1 Å². The zero-order chi connectivity index (χ0) is 21.4. The zero-order valence-electron chi connectivity index (χ0n) is 17.3. The third kappa shape index (κ3) is 3.03. The average Bonchev–Trinajstić information content (AvgIpc) is 2.81. The summed E-state index contributed by atoms with van der Waals surface area (Å²) in [4.78, 5) is 41.5. The molecular weight excluding hydrogens is 382 g/mol. The van der Waals surface area contributed by atoms with E-state index in [0.29, 0.717) is 0 Å². The number of ether oxygens (including phenoxy) is 2. The second-order valence-electron chi connectivity index (χ2n) is 7.59. The van der Waals surface area contributed by atoms with Crippen molar-refractivity contribution in [3.05, 3.63) is 59.7 Å². The fraction of sp³-hybridized carbons (Fsp3) is 0.375. The molecule has 4 unspecified atom stereocenters. The fourth-order valence-corrected chi connectivity index (χ4v) is 4.90. The smallest absolute Gasteiger partial charge is 0.318 e. The van der Waals surface area contributed by atoms with Crippen molar-refractivity contribution in [3.63, 3.8) is 0 Å². The van der Waals surface area contributed by atoms with Crippen molar-refractivity contribution in [2.24, 2.45) is 11.8 Å². The molecule has 0 saturated carbocycles. The van der Waals surface area contributed by atoms with Gasteiger partial charge in [0.2, 0.25) is 0 Å². The van der Waals surface area contributed by atoms with Gasteiger partial charge in [-0.15, -0.1) is 0 Å². The summed E-state index contributed by atoms with van der Waals surface area (Å²) in [5.74, 6) is -3.85. The Bertz CT molecular complexity index is 923. The molecule has 2 aliphatic heterocycles. The number of fused-ring (bicyclic) bond motifs is 7. The first-order valence-electron chi connectivity index (χ1n) is 10.3. The van der Waals surface area contributed by atoms with E-state index in [9.17, 15) is 14.4 Å². The molecule has 2 bridgehead atoms. The van der Waals surface area contributed by atoms with Crippen molar-refractivity contribution in [1.29, 1.82) is 0 Å². The number of benzene rings is 2. The third-order valence-corrected chi connectivity index (χ3v) is 6.05. The third-order valence-electron chi connectivity index (χ3n) is 6.05. The molecule has 2 aromatic carbocycles. The highest BCUT2D eigenvalue weighted by molar-refractivity contribution is 6.10. The lowest BCUT2D eigenvalue weighted by Gasteiger charge is -2.45. The number of piperidine rings is 1. The Labute approximate surface area is 175 Å². The number of hydrogen-bond donors (Lipinski definition) is 0. The van der Waals surface area contributed by atoms with Crippen LogP contribution in [0.4, 0.5) is 0 Å². The molecule has 1 saturated heterocycles. The van der Waals surface area contributed by atoms with Gasteiger partial charge >= 0.3 is 11.9 Å². The summed E-state index contributed by atoms with van der Waals surface area (Å²) in [6, 6.07) is 14.5. The van der Waals surface area contributed by atoms with Gasteiger partial charge in [0.1, 0.15) is 11.8 Å². The van der Waals surface area contributed by atoms with Gasteiger partial charge in [0.05, 0.1) is 25.3 Å². The Balaban J connectivity index is 1.99. The normalized spacial score (nSPS) is 25.0. The molecule has 0 aliphatic carbocycles. The van der Waals surface area contributed by atoms with Gasteiger partial charge in [-0.05, 0) is 43.1 Å². The lowest BCUT2D eigenvalue weighted by Crippen LogP contribution is -2.54. The van der Waals surface area contributed by atoms with E-state index in [0.717, 1.165) is 22.3 Å². The largest absolute Gasteiger partial charge is 0.465 e. The molecule has 4 atom stereocenters. The molecule has 30 heavy (non-hydrogen) atoms. The number of hydrogen-bond acceptors (Lipinski definition) is 6. The van der Waals surface area contributed by atoms with Gasteiger partial charge in [0.15, 0.2) is 5.78 Å². The number of ketones is 1. The zero-order valence-corrected chi connectivity index (χ0v) is 17.3. The van der Waals surface area contributed by atoms with E-state index < -0.39 is 41.6 Å². The van der Waals surface area contributed by atoms with Crippen LogP contribution in [-0.2, 0) is 23.9 Å². The van der Waals surface area contributed by atoms with Crippen LogP contribution in [0.25, 0.3) is 11.1 Å². The van der Waals surface area contributed by atoms with E-state index in [1.807, 2.05) is 60.5 Å². The Morgan fingerprint density at radius 3 is 1.60 bits per heavy atom. The molecule has 6 heteroatoms. The van der Waals surface area contributed by atoms with Crippen molar-refractivity contribution in [2.75, 3.05) is 20.3 Å². The van der Waals surface area contributed by atoms with Crippen LogP contribution in [0.2, 0.25) is 0 Å². The van der Waals surface area contributed by atoms with Crippen LogP contribution in [0.1, 0.15) is 37.1 Å². The number of carbonyl (C=O) groups excluding carboxylic acids is 3. The molecule has 0 amide bonds. The minimum atomic E-state index is -1.10. The van der Waals surface area contributed by atoms with Crippen molar-refractivity contribution >= 4 is 17.7 Å². The summed E-state index contributed by atoms with van der Waals surface area (Å²) in [6.45, 7) is 3.73. The fourth-order valence-electron chi connectivity index (χ4n) is 4.90. The summed E-state index contributed by atoms with van der Waals surface area (Å²) < 4.78 is 10.5. The Hall–Kier alpha value is -2.99. The Morgan fingerprint density at radius 1 is 0.800 bits per heavy atom. The number of esters is 2. The molecule has 0 aromatic heterocycles. The molecule has 2 heterocycles. The quantitative estimate of drug-likeness (QED) is 0.572. The van der Waals surface area contributed by atoms with Crippen LogP contribution in [0.5, 0.6) is 0 Å². The summed E-state index contributed by atoms with van der Waals surface area (Å²) in [5, 5.41) is 0. The van der Waals surface area contributed by atoms with Gasteiger partial charge in [0, 0.05) is 0 Å². The lowest BCUT2D eigenvalue weighted by atomic mass is 9.74. The molecule has 6 nitrogen and oxygen atoms in total. The SMILES string of the molecule is CCOC(=O)C1C(=O)C(C(=O)OCC)C2c3ccccc3-c3ccccc3C1N2C. The van der Waals surface area contributed by atoms with Crippen molar-refractivity contribution in [1.82, 2.24) is 4.90 Å². The summed E-state index contributed by atoms with van der Waals surface area (Å²) >= 11 is 0. The van der Waals surface area contributed by atoms with Gasteiger partial charge in [-0.1, -0.05) is 48.5 Å². The predicted octanol–water partition coefficient (Wildman–Crippen LogP) is 3.32.